The highest BCUT2D eigenvalue weighted by atomic mass is 35.5. The number of hydrogen-bond donors (Lipinski definition) is 3. The van der Waals surface area contributed by atoms with Crippen LogP contribution in [0.25, 0.3) is 0 Å². The van der Waals surface area contributed by atoms with Gasteiger partial charge in [-0.2, -0.15) is 0 Å². The summed E-state index contributed by atoms with van der Waals surface area (Å²) < 4.78 is 0. The van der Waals surface area contributed by atoms with Crippen LogP contribution < -0.4 is 16.4 Å². The Morgan fingerprint density at radius 2 is 1.95 bits per heavy atom. The Morgan fingerprint density at radius 3 is 2.55 bits per heavy atom. The van der Waals surface area contributed by atoms with Crippen LogP contribution in [0.15, 0.2) is 24.3 Å². The van der Waals surface area contributed by atoms with E-state index < -0.39 is 0 Å². The molecule has 0 spiro atoms. The van der Waals surface area contributed by atoms with Gasteiger partial charge in [0.05, 0.1) is 0 Å². The Kier molecular flexibility index (Phi) is 7.04. The minimum Gasteiger partial charge on any atom is -0.352 e. The van der Waals surface area contributed by atoms with E-state index in [0.717, 1.165) is 0 Å². The molecule has 1 aromatic rings. The minimum atomic E-state index is -0.169. The Balaban J connectivity index is 2.22. The Hall–Kier alpha value is -1.59. The number of halogens is 1. The van der Waals surface area contributed by atoms with E-state index in [4.69, 9.17) is 17.3 Å². The van der Waals surface area contributed by atoms with Crippen LogP contribution in [0.5, 0.6) is 0 Å². The molecule has 0 aliphatic heterocycles. The Morgan fingerprint density at radius 1 is 1.30 bits per heavy atom. The summed E-state index contributed by atoms with van der Waals surface area (Å²) in [7, 11) is 0. The zero-order chi connectivity index (χ0) is 15.0. The van der Waals surface area contributed by atoms with Crippen molar-refractivity contribution >= 4 is 23.4 Å². The quantitative estimate of drug-likeness (QED) is 0.664. The number of carbonyl (C=O) groups excluding carboxylic acids is 2. The Labute approximate surface area is 123 Å². The first kappa shape index (κ1) is 16.5. The summed E-state index contributed by atoms with van der Waals surface area (Å²) >= 11 is 5.75. The highest BCUT2D eigenvalue weighted by molar-refractivity contribution is 6.30. The molecule has 0 heterocycles. The molecule has 0 saturated carbocycles. The molecule has 5 nitrogen and oxygen atoms in total. The van der Waals surface area contributed by atoms with Crippen molar-refractivity contribution < 1.29 is 9.59 Å². The van der Waals surface area contributed by atoms with Crippen LogP contribution in [-0.4, -0.2) is 30.9 Å². The summed E-state index contributed by atoms with van der Waals surface area (Å²) in [5.74, 6) is -0.221. The van der Waals surface area contributed by atoms with E-state index in [2.05, 4.69) is 10.6 Å². The number of rotatable bonds is 7. The number of hydrogen-bond acceptors (Lipinski definition) is 3. The number of benzene rings is 1. The molecule has 1 aromatic carbocycles. The monoisotopic (exact) mass is 297 g/mol. The second kappa shape index (κ2) is 8.55. The molecular weight excluding hydrogens is 278 g/mol. The second-order valence-corrected chi connectivity index (χ2v) is 5.01. The first-order valence-electron chi connectivity index (χ1n) is 6.56. The summed E-state index contributed by atoms with van der Waals surface area (Å²) in [4.78, 5) is 23.2. The molecule has 1 atom stereocenters. The fourth-order valence-electron chi connectivity index (χ4n) is 1.56. The molecule has 20 heavy (non-hydrogen) atoms. The first-order valence-corrected chi connectivity index (χ1v) is 6.94. The van der Waals surface area contributed by atoms with Crippen molar-refractivity contribution in [2.24, 2.45) is 5.73 Å². The van der Waals surface area contributed by atoms with Crippen LogP contribution in [0.1, 0.15) is 30.1 Å². The van der Waals surface area contributed by atoms with Crippen LogP contribution in [-0.2, 0) is 4.79 Å². The number of nitrogens with one attached hydrogen (secondary N) is 2. The van der Waals surface area contributed by atoms with E-state index in [1.807, 2.05) is 6.92 Å². The van der Waals surface area contributed by atoms with Crippen LogP contribution in [0.4, 0.5) is 0 Å². The van der Waals surface area contributed by atoms with Gasteiger partial charge in [0.25, 0.3) is 5.91 Å². The average Bonchev–Trinajstić information content (AvgIpc) is 2.44. The lowest BCUT2D eigenvalue weighted by Crippen LogP contribution is -2.38. The van der Waals surface area contributed by atoms with E-state index in [9.17, 15) is 9.59 Å². The fraction of sp³-hybridized carbons (Fsp3) is 0.429. The molecule has 0 unspecified atom stereocenters. The van der Waals surface area contributed by atoms with Crippen molar-refractivity contribution in [1.82, 2.24) is 10.6 Å². The lowest BCUT2D eigenvalue weighted by molar-refractivity contribution is -0.121. The van der Waals surface area contributed by atoms with Crippen LogP contribution in [0, 0.1) is 0 Å². The van der Waals surface area contributed by atoms with Crippen molar-refractivity contribution in [3.63, 3.8) is 0 Å². The second-order valence-electron chi connectivity index (χ2n) is 4.57. The summed E-state index contributed by atoms with van der Waals surface area (Å²) in [6.45, 7) is 2.71. The van der Waals surface area contributed by atoms with Gasteiger partial charge in [-0.25, -0.2) is 0 Å². The van der Waals surface area contributed by atoms with Gasteiger partial charge < -0.3 is 16.4 Å². The highest BCUT2D eigenvalue weighted by Gasteiger charge is 2.07. The van der Waals surface area contributed by atoms with Crippen molar-refractivity contribution in [2.45, 2.75) is 25.8 Å². The highest BCUT2D eigenvalue weighted by Crippen LogP contribution is 2.09. The van der Waals surface area contributed by atoms with Gasteiger partial charge in [-0.3, -0.25) is 9.59 Å². The average molecular weight is 298 g/mol. The molecule has 1 rings (SSSR count). The zero-order valence-electron chi connectivity index (χ0n) is 11.5. The SMILES string of the molecule is C[C@@H](CN)NC(=O)CCCNC(=O)c1ccc(Cl)cc1. The third-order valence-electron chi connectivity index (χ3n) is 2.73. The third-order valence-corrected chi connectivity index (χ3v) is 2.99. The lowest BCUT2D eigenvalue weighted by atomic mass is 10.2. The molecule has 0 fully saturated rings. The molecule has 0 aliphatic rings. The molecule has 0 saturated heterocycles. The van der Waals surface area contributed by atoms with Crippen molar-refractivity contribution in [3.05, 3.63) is 34.9 Å². The van der Waals surface area contributed by atoms with Gasteiger partial charge in [0, 0.05) is 36.1 Å². The van der Waals surface area contributed by atoms with Crippen molar-refractivity contribution in [2.75, 3.05) is 13.1 Å². The molecule has 110 valence electrons. The minimum absolute atomic E-state index is 0.0221. The molecule has 0 radical (unpaired) electrons. The zero-order valence-corrected chi connectivity index (χ0v) is 12.2. The van der Waals surface area contributed by atoms with Gasteiger partial charge in [0.2, 0.25) is 5.91 Å². The number of carbonyl (C=O) groups is 2. The van der Waals surface area contributed by atoms with Gasteiger partial charge >= 0.3 is 0 Å². The standard InChI is InChI=1S/C14H20ClN3O2/c1-10(9-16)18-13(19)3-2-8-17-14(20)11-4-6-12(15)7-5-11/h4-7,10H,2-3,8-9,16H2,1H3,(H,17,20)(H,18,19)/t10-/m0/s1. The van der Waals surface area contributed by atoms with Crippen molar-refractivity contribution in [1.29, 1.82) is 0 Å². The van der Waals surface area contributed by atoms with E-state index in [-0.39, 0.29) is 17.9 Å². The van der Waals surface area contributed by atoms with E-state index in [1.165, 1.54) is 0 Å². The summed E-state index contributed by atoms with van der Waals surface area (Å²) in [6.07, 6.45) is 0.952. The normalized spacial score (nSPS) is 11.8. The Bertz CT molecular complexity index is 448. The van der Waals surface area contributed by atoms with Gasteiger partial charge in [-0.05, 0) is 37.6 Å². The predicted octanol–water partition coefficient (Wildman–Crippen LogP) is 1.31. The van der Waals surface area contributed by atoms with Crippen LogP contribution in [0.2, 0.25) is 5.02 Å². The number of nitrogens with two attached hydrogens (primary N) is 1. The summed E-state index contributed by atoms with van der Waals surface area (Å²) in [6, 6.07) is 6.63. The van der Waals surface area contributed by atoms with Crippen LogP contribution in [0.3, 0.4) is 0 Å². The molecule has 4 N–H and O–H groups in total. The largest absolute Gasteiger partial charge is 0.352 e. The lowest BCUT2D eigenvalue weighted by Gasteiger charge is -2.11. The molecular formula is C14H20ClN3O2. The van der Waals surface area contributed by atoms with Gasteiger partial charge in [-0.15, -0.1) is 0 Å². The molecule has 0 aliphatic carbocycles. The van der Waals surface area contributed by atoms with E-state index in [1.54, 1.807) is 24.3 Å². The van der Waals surface area contributed by atoms with E-state index in [0.29, 0.717) is 36.5 Å². The van der Waals surface area contributed by atoms with Crippen LogP contribution >= 0.6 is 11.6 Å². The maximum atomic E-state index is 11.8. The van der Waals surface area contributed by atoms with E-state index >= 15 is 0 Å². The van der Waals surface area contributed by atoms with Crippen molar-refractivity contribution in [3.8, 4) is 0 Å². The molecule has 6 heteroatoms. The number of amides is 2. The maximum Gasteiger partial charge on any atom is 0.251 e. The first-order chi connectivity index (χ1) is 9.52. The van der Waals surface area contributed by atoms with Gasteiger partial charge in [0.1, 0.15) is 0 Å². The summed E-state index contributed by atoms with van der Waals surface area (Å²) in [5.41, 5.74) is 5.96. The predicted molar refractivity (Wildman–Crippen MR) is 79.7 cm³/mol. The van der Waals surface area contributed by atoms with Gasteiger partial charge in [0.15, 0.2) is 0 Å². The summed E-state index contributed by atoms with van der Waals surface area (Å²) in [5, 5.41) is 6.11. The molecule has 2 amide bonds. The smallest absolute Gasteiger partial charge is 0.251 e. The maximum absolute atomic E-state index is 11.8. The third kappa shape index (κ3) is 6.04. The fourth-order valence-corrected chi connectivity index (χ4v) is 1.69. The topological polar surface area (TPSA) is 84.2 Å². The van der Waals surface area contributed by atoms with Gasteiger partial charge in [-0.1, -0.05) is 11.6 Å². The molecule has 0 aromatic heterocycles. The molecule has 0 bridgehead atoms.